The van der Waals surface area contributed by atoms with E-state index >= 15 is 0 Å². The van der Waals surface area contributed by atoms with Crippen LogP contribution in [-0.4, -0.2) is 63.9 Å². The van der Waals surface area contributed by atoms with Gasteiger partial charge in [-0.15, -0.1) is 0 Å². The zero-order valence-electron chi connectivity index (χ0n) is 10.9. The topological polar surface area (TPSA) is 50.8 Å². The van der Waals surface area contributed by atoms with Gasteiger partial charge in [0.1, 0.15) is 0 Å². The van der Waals surface area contributed by atoms with E-state index in [2.05, 4.69) is 10.2 Å². The number of ether oxygens (including phenoxy) is 2. The molecule has 0 aromatic carbocycles. The van der Waals surface area contributed by atoms with Crippen molar-refractivity contribution < 1.29 is 14.3 Å². The summed E-state index contributed by atoms with van der Waals surface area (Å²) in [6.07, 6.45) is 3.28. The van der Waals surface area contributed by atoms with Crippen LogP contribution >= 0.6 is 0 Å². The van der Waals surface area contributed by atoms with E-state index in [0.29, 0.717) is 25.8 Å². The molecule has 1 aliphatic heterocycles. The van der Waals surface area contributed by atoms with Crippen LogP contribution in [0.15, 0.2) is 0 Å². The van der Waals surface area contributed by atoms with E-state index in [1.165, 1.54) is 0 Å². The number of piperidine rings is 1. The molecule has 0 atom stereocenters. The standard InChI is InChI=1S/C12H24N2O3/c1-16-9-3-6-13-12(15)10-14-7-4-11(17-2)5-8-14/h11H,3-10H2,1-2H3,(H,13,15). The van der Waals surface area contributed by atoms with E-state index in [0.717, 1.165) is 32.4 Å². The van der Waals surface area contributed by atoms with Gasteiger partial charge in [0, 0.05) is 40.5 Å². The second-order valence-electron chi connectivity index (χ2n) is 4.41. The number of hydrogen-bond donors (Lipinski definition) is 1. The van der Waals surface area contributed by atoms with Crippen LogP contribution in [0.25, 0.3) is 0 Å². The summed E-state index contributed by atoms with van der Waals surface area (Å²) in [5.41, 5.74) is 0. The molecule has 1 amide bonds. The second kappa shape index (κ2) is 8.44. The molecule has 0 aliphatic carbocycles. The molecule has 0 aromatic rings. The van der Waals surface area contributed by atoms with Crippen molar-refractivity contribution in [3.63, 3.8) is 0 Å². The first-order chi connectivity index (χ1) is 8.26. The number of carbonyl (C=O) groups is 1. The number of nitrogens with one attached hydrogen (secondary N) is 1. The Kier molecular flexibility index (Phi) is 7.16. The van der Waals surface area contributed by atoms with Gasteiger partial charge >= 0.3 is 0 Å². The Balaban J connectivity index is 2.06. The molecule has 0 aromatic heterocycles. The Morgan fingerprint density at radius 3 is 2.65 bits per heavy atom. The fourth-order valence-corrected chi connectivity index (χ4v) is 2.01. The fraction of sp³-hybridized carbons (Fsp3) is 0.917. The Hall–Kier alpha value is -0.650. The van der Waals surface area contributed by atoms with Gasteiger partial charge in [0.2, 0.25) is 5.91 Å². The van der Waals surface area contributed by atoms with Gasteiger partial charge in [0.15, 0.2) is 0 Å². The van der Waals surface area contributed by atoms with Gasteiger partial charge in [-0.1, -0.05) is 0 Å². The highest BCUT2D eigenvalue weighted by Gasteiger charge is 2.19. The molecule has 1 heterocycles. The lowest BCUT2D eigenvalue weighted by atomic mass is 10.1. The predicted octanol–water partition coefficient (Wildman–Crippen LogP) is 0.250. The van der Waals surface area contributed by atoms with Crippen molar-refractivity contribution in [1.82, 2.24) is 10.2 Å². The number of methoxy groups -OCH3 is 2. The smallest absolute Gasteiger partial charge is 0.234 e. The third-order valence-electron chi connectivity index (χ3n) is 3.08. The molecule has 5 heteroatoms. The molecular weight excluding hydrogens is 220 g/mol. The lowest BCUT2D eigenvalue weighted by Gasteiger charge is -2.30. The van der Waals surface area contributed by atoms with Crippen molar-refractivity contribution >= 4 is 5.91 Å². The number of amides is 1. The van der Waals surface area contributed by atoms with Crippen LogP contribution in [0, 0.1) is 0 Å². The van der Waals surface area contributed by atoms with Crippen LogP contribution in [0.4, 0.5) is 0 Å². The lowest BCUT2D eigenvalue weighted by molar-refractivity contribution is -0.122. The zero-order valence-corrected chi connectivity index (χ0v) is 10.9. The van der Waals surface area contributed by atoms with Gasteiger partial charge in [-0.3, -0.25) is 9.69 Å². The number of hydrogen-bond acceptors (Lipinski definition) is 4. The maximum Gasteiger partial charge on any atom is 0.234 e. The molecule has 5 nitrogen and oxygen atoms in total. The van der Waals surface area contributed by atoms with Crippen LogP contribution in [0.1, 0.15) is 19.3 Å². The molecule has 1 N–H and O–H groups in total. The Morgan fingerprint density at radius 2 is 2.06 bits per heavy atom. The number of rotatable bonds is 7. The molecule has 1 fully saturated rings. The molecule has 100 valence electrons. The van der Waals surface area contributed by atoms with E-state index < -0.39 is 0 Å². The van der Waals surface area contributed by atoms with Crippen molar-refractivity contribution in [2.75, 3.05) is 47.0 Å². The minimum atomic E-state index is 0.108. The van der Waals surface area contributed by atoms with E-state index in [1.807, 2.05) is 0 Å². The molecule has 0 saturated carbocycles. The zero-order chi connectivity index (χ0) is 12.5. The van der Waals surface area contributed by atoms with Crippen molar-refractivity contribution in [2.45, 2.75) is 25.4 Å². The summed E-state index contributed by atoms with van der Waals surface area (Å²) >= 11 is 0. The van der Waals surface area contributed by atoms with Gasteiger partial charge in [0.25, 0.3) is 0 Å². The molecule has 0 unspecified atom stereocenters. The van der Waals surface area contributed by atoms with E-state index in [1.54, 1.807) is 14.2 Å². The van der Waals surface area contributed by atoms with Crippen LogP contribution in [0.2, 0.25) is 0 Å². The fourth-order valence-electron chi connectivity index (χ4n) is 2.01. The first-order valence-corrected chi connectivity index (χ1v) is 6.27. The summed E-state index contributed by atoms with van der Waals surface area (Å²) < 4.78 is 10.2. The summed E-state index contributed by atoms with van der Waals surface area (Å²) in [5, 5.41) is 2.90. The largest absolute Gasteiger partial charge is 0.385 e. The van der Waals surface area contributed by atoms with Gasteiger partial charge in [-0.25, -0.2) is 0 Å². The Morgan fingerprint density at radius 1 is 1.35 bits per heavy atom. The molecule has 0 spiro atoms. The molecule has 1 saturated heterocycles. The summed E-state index contributed by atoms with van der Waals surface area (Å²) in [6.45, 7) is 3.79. The van der Waals surface area contributed by atoms with Gasteiger partial charge in [-0.2, -0.15) is 0 Å². The molecule has 0 bridgehead atoms. The average molecular weight is 244 g/mol. The third kappa shape index (κ3) is 6.00. The van der Waals surface area contributed by atoms with Gasteiger partial charge < -0.3 is 14.8 Å². The second-order valence-corrected chi connectivity index (χ2v) is 4.41. The van der Waals surface area contributed by atoms with Crippen LogP contribution in [0.3, 0.4) is 0 Å². The van der Waals surface area contributed by atoms with E-state index in [-0.39, 0.29) is 5.91 Å². The number of likely N-dealkylation sites (tertiary alicyclic amines) is 1. The highest BCUT2D eigenvalue weighted by Crippen LogP contribution is 2.11. The molecule has 1 rings (SSSR count). The third-order valence-corrected chi connectivity index (χ3v) is 3.08. The van der Waals surface area contributed by atoms with Crippen molar-refractivity contribution in [3.05, 3.63) is 0 Å². The Bertz CT molecular complexity index is 216. The van der Waals surface area contributed by atoms with Crippen molar-refractivity contribution in [1.29, 1.82) is 0 Å². The minimum Gasteiger partial charge on any atom is -0.385 e. The first kappa shape index (κ1) is 14.4. The Labute approximate surface area is 103 Å². The maximum atomic E-state index is 11.6. The van der Waals surface area contributed by atoms with Gasteiger partial charge in [-0.05, 0) is 19.3 Å². The van der Waals surface area contributed by atoms with Crippen molar-refractivity contribution in [2.24, 2.45) is 0 Å². The monoisotopic (exact) mass is 244 g/mol. The van der Waals surface area contributed by atoms with Crippen LogP contribution < -0.4 is 5.32 Å². The maximum absolute atomic E-state index is 11.6. The van der Waals surface area contributed by atoms with E-state index in [9.17, 15) is 4.79 Å². The molecular formula is C12H24N2O3. The summed E-state index contributed by atoms with van der Waals surface area (Å²) in [4.78, 5) is 13.8. The van der Waals surface area contributed by atoms with Gasteiger partial charge in [0.05, 0.1) is 12.6 Å². The normalized spacial score (nSPS) is 18.2. The van der Waals surface area contributed by atoms with E-state index in [4.69, 9.17) is 9.47 Å². The number of carbonyl (C=O) groups excluding carboxylic acids is 1. The minimum absolute atomic E-state index is 0.108. The van der Waals surface area contributed by atoms with Crippen molar-refractivity contribution in [3.8, 4) is 0 Å². The molecule has 1 aliphatic rings. The number of nitrogens with zero attached hydrogens (tertiary/aromatic N) is 1. The highest BCUT2D eigenvalue weighted by molar-refractivity contribution is 5.77. The predicted molar refractivity (Wildman–Crippen MR) is 66.0 cm³/mol. The summed E-state index contributed by atoms with van der Waals surface area (Å²) in [7, 11) is 3.42. The summed E-state index contributed by atoms with van der Waals surface area (Å²) in [6, 6.07) is 0. The quantitative estimate of drug-likeness (QED) is 0.652. The highest BCUT2D eigenvalue weighted by atomic mass is 16.5. The molecule has 17 heavy (non-hydrogen) atoms. The molecule has 0 radical (unpaired) electrons. The average Bonchev–Trinajstić information content (AvgIpc) is 2.36. The SMILES string of the molecule is COCCCNC(=O)CN1CCC(OC)CC1. The van der Waals surface area contributed by atoms with Crippen LogP contribution in [0.5, 0.6) is 0 Å². The summed E-state index contributed by atoms with van der Waals surface area (Å²) in [5.74, 6) is 0.108. The lowest BCUT2D eigenvalue weighted by Crippen LogP contribution is -2.43. The first-order valence-electron chi connectivity index (χ1n) is 6.27. The van der Waals surface area contributed by atoms with Crippen LogP contribution in [-0.2, 0) is 14.3 Å².